The molecule has 4 rings (SSSR count). The van der Waals surface area contributed by atoms with Crippen LogP contribution in [0.5, 0.6) is 5.75 Å². The second kappa shape index (κ2) is 7.17. The molecule has 3 heterocycles. The van der Waals surface area contributed by atoms with E-state index in [0.717, 1.165) is 12.8 Å². The van der Waals surface area contributed by atoms with E-state index in [-0.39, 0.29) is 24.0 Å². The van der Waals surface area contributed by atoms with Crippen LogP contribution in [0, 0.1) is 0 Å². The fourth-order valence-corrected chi connectivity index (χ4v) is 4.59. The number of nitrogens with zero attached hydrogens (tertiary/aromatic N) is 1. The minimum Gasteiger partial charge on any atom is -0.486 e. The van der Waals surface area contributed by atoms with Gasteiger partial charge in [-0.3, -0.25) is 4.79 Å². The summed E-state index contributed by atoms with van der Waals surface area (Å²) in [6, 6.07) is 7.64. The van der Waals surface area contributed by atoms with Gasteiger partial charge in [0, 0.05) is 24.9 Å². The van der Waals surface area contributed by atoms with Gasteiger partial charge < -0.3 is 14.4 Å². The Bertz CT molecular complexity index is 707. The molecule has 2 saturated heterocycles. The van der Waals surface area contributed by atoms with Crippen molar-refractivity contribution in [3.05, 3.63) is 29.8 Å². The maximum absolute atomic E-state index is 12.6. The SMILES string of the molecule is CC.CC(C)(C)OC(=O)N1C2CCC1CC1(CC(=O)c3ccccc3O1)C2. The van der Waals surface area contributed by atoms with Gasteiger partial charge in [-0.15, -0.1) is 0 Å². The van der Waals surface area contributed by atoms with Crippen molar-refractivity contribution in [2.24, 2.45) is 0 Å². The first-order valence-electron chi connectivity index (χ1n) is 10.1. The van der Waals surface area contributed by atoms with E-state index in [1.54, 1.807) is 0 Å². The quantitative estimate of drug-likeness (QED) is 0.644. The van der Waals surface area contributed by atoms with Crippen molar-refractivity contribution < 1.29 is 19.1 Å². The van der Waals surface area contributed by atoms with Gasteiger partial charge in [0.25, 0.3) is 0 Å². The number of para-hydroxylation sites is 1. The lowest BCUT2D eigenvalue weighted by Gasteiger charge is -2.47. The number of Topliss-reactive ketones (excluding diaryl/α,β-unsaturated/α-hetero) is 1. The Morgan fingerprint density at radius 1 is 1.15 bits per heavy atom. The molecule has 0 aromatic heterocycles. The van der Waals surface area contributed by atoms with Crippen LogP contribution in [0.2, 0.25) is 0 Å². The highest BCUT2D eigenvalue weighted by Crippen LogP contribution is 2.48. The standard InChI is InChI=1S/C20H25NO4.C2H6/c1-19(2,3)25-18(23)21-13-8-9-14(21)11-20(10-13)12-16(22)15-6-4-5-7-17(15)24-20;1-2/h4-7,13-14H,8-12H2,1-3H3;1-2H3. The van der Waals surface area contributed by atoms with E-state index in [1.165, 1.54) is 0 Å². The number of hydrogen-bond acceptors (Lipinski definition) is 4. The molecule has 2 bridgehead atoms. The summed E-state index contributed by atoms with van der Waals surface area (Å²) in [6.45, 7) is 9.66. The van der Waals surface area contributed by atoms with Crippen LogP contribution in [0.3, 0.4) is 0 Å². The molecule has 2 atom stereocenters. The molecule has 0 saturated carbocycles. The number of hydrogen-bond donors (Lipinski definition) is 0. The summed E-state index contributed by atoms with van der Waals surface area (Å²) in [7, 11) is 0. The molecule has 2 fully saturated rings. The van der Waals surface area contributed by atoms with Crippen molar-refractivity contribution >= 4 is 11.9 Å². The molecule has 148 valence electrons. The molecule has 2 unspecified atom stereocenters. The average Bonchev–Trinajstić information content (AvgIpc) is 2.88. The molecule has 27 heavy (non-hydrogen) atoms. The van der Waals surface area contributed by atoms with Gasteiger partial charge in [0.05, 0.1) is 12.0 Å². The summed E-state index contributed by atoms with van der Waals surface area (Å²) in [4.78, 5) is 27.1. The fourth-order valence-electron chi connectivity index (χ4n) is 4.59. The second-order valence-corrected chi connectivity index (χ2v) is 8.56. The third-order valence-corrected chi connectivity index (χ3v) is 5.44. The van der Waals surface area contributed by atoms with Crippen LogP contribution >= 0.6 is 0 Å². The number of rotatable bonds is 0. The molecule has 1 spiro atoms. The van der Waals surface area contributed by atoms with Crippen LogP contribution in [0.1, 0.15) is 77.1 Å². The Morgan fingerprint density at radius 3 is 2.33 bits per heavy atom. The van der Waals surface area contributed by atoms with Crippen molar-refractivity contribution in [2.45, 2.75) is 90.0 Å². The number of carbonyl (C=O) groups excluding carboxylic acids is 2. The first kappa shape index (κ1) is 19.7. The van der Waals surface area contributed by atoms with Gasteiger partial charge in [-0.2, -0.15) is 0 Å². The Morgan fingerprint density at radius 2 is 1.74 bits per heavy atom. The molecule has 1 aromatic rings. The van der Waals surface area contributed by atoms with Gasteiger partial charge >= 0.3 is 6.09 Å². The monoisotopic (exact) mass is 373 g/mol. The molecule has 1 amide bonds. The van der Waals surface area contributed by atoms with E-state index in [9.17, 15) is 9.59 Å². The zero-order valence-corrected chi connectivity index (χ0v) is 17.1. The lowest BCUT2D eigenvalue weighted by atomic mass is 9.79. The van der Waals surface area contributed by atoms with Gasteiger partial charge in [-0.1, -0.05) is 26.0 Å². The predicted molar refractivity (Wildman–Crippen MR) is 104 cm³/mol. The number of carbonyl (C=O) groups is 2. The number of ketones is 1. The summed E-state index contributed by atoms with van der Waals surface area (Å²) in [5, 5.41) is 0. The highest BCUT2D eigenvalue weighted by molar-refractivity contribution is 6.00. The van der Waals surface area contributed by atoms with Crippen LogP contribution in [-0.2, 0) is 4.74 Å². The molecule has 0 N–H and O–H groups in total. The number of amides is 1. The highest BCUT2D eigenvalue weighted by Gasteiger charge is 2.54. The maximum atomic E-state index is 12.6. The average molecular weight is 373 g/mol. The van der Waals surface area contributed by atoms with E-state index < -0.39 is 11.2 Å². The van der Waals surface area contributed by atoms with Gasteiger partial charge in [0.2, 0.25) is 0 Å². The Balaban J connectivity index is 0.00000102. The Labute approximate surface area is 162 Å². The van der Waals surface area contributed by atoms with Gasteiger partial charge in [0.1, 0.15) is 17.0 Å². The molecule has 0 aliphatic carbocycles. The van der Waals surface area contributed by atoms with E-state index in [2.05, 4.69) is 0 Å². The zero-order chi connectivity index (χ0) is 19.8. The lowest BCUT2D eigenvalue weighted by molar-refractivity contribution is -0.0480. The molecule has 5 heteroatoms. The molecule has 0 radical (unpaired) electrons. The van der Waals surface area contributed by atoms with E-state index in [0.29, 0.717) is 30.6 Å². The summed E-state index contributed by atoms with van der Waals surface area (Å²) < 4.78 is 11.9. The largest absolute Gasteiger partial charge is 0.486 e. The van der Waals surface area contributed by atoms with Crippen LogP contribution in [-0.4, -0.2) is 40.1 Å². The molecular formula is C22H31NO4. The zero-order valence-electron chi connectivity index (χ0n) is 17.1. The highest BCUT2D eigenvalue weighted by atomic mass is 16.6. The molecule has 3 aliphatic heterocycles. The third-order valence-electron chi connectivity index (χ3n) is 5.44. The van der Waals surface area contributed by atoms with Crippen LogP contribution in [0.4, 0.5) is 4.79 Å². The van der Waals surface area contributed by atoms with E-state index in [4.69, 9.17) is 9.47 Å². The maximum Gasteiger partial charge on any atom is 0.410 e. The predicted octanol–water partition coefficient (Wildman–Crippen LogP) is 4.98. The van der Waals surface area contributed by atoms with Gasteiger partial charge in [0.15, 0.2) is 5.78 Å². The fraction of sp³-hybridized carbons (Fsp3) is 0.636. The molecule has 5 nitrogen and oxygen atoms in total. The number of fused-ring (bicyclic) bond motifs is 3. The molecular weight excluding hydrogens is 342 g/mol. The van der Waals surface area contributed by atoms with Crippen molar-refractivity contribution in [3.63, 3.8) is 0 Å². The third kappa shape index (κ3) is 3.83. The van der Waals surface area contributed by atoms with Crippen molar-refractivity contribution in [1.82, 2.24) is 4.90 Å². The number of benzene rings is 1. The van der Waals surface area contributed by atoms with Crippen LogP contribution in [0.25, 0.3) is 0 Å². The smallest absolute Gasteiger partial charge is 0.410 e. The first-order valence-corrected chi connectivity index (χ1v) is 10.1. The van der Waals surface area contributed by atoms with Crippen molar-refractivity contribution in [3.8, 4) is 5.75 Å². The number of ether oxygens (including phenoxy) is 2. The summed E-state index contributed by atoms with van der Waals surface area (Å²) in [5.41, 5.74) is -0.299. The van der Waals surface area contributed by atoms with Gasteiger partial charge in [-0.25, -0.2) is 4.79 Å². The summed E-state index contributed by atoms with van der Waals surface area (Å²) >= 11 is 0. The first-order chi connectivity index (χ1) is 12.8. The summed E-state index contributed by atoms with van der Waals surface area (Å²) in [5.74, 6) is 0.829. The second-order valence-electron chi connectivity index (χ2n) is 8.56. The normalized spacial score (nSPS) is 28.8. The molecule has 3 aliphatic rings. The van der Waals surface area contributed by atoms with Crippen LogP contribution in [0.15, 0.2) is 24.3 Å². The lowest BCUT2D eigenvalue weighted by Crippen LogP contribution is -2.57. The van der Waals surface area contributed by atoms with Crippen LogP contribution < -0.4 is 4.74 Å². The minimum absolute atomic E-state index is 0.0895. The Kier molecular flexibility index (Phi) is 5.24. The van der Waals surface area contributed by atoms with E-state index >= 15 is 0 Å². The van der Waals surface area contributed by atoms with Crippen molar-refractivity contribution in [2.75, 3.05) is 0 Å². The Hall–Kier alpha value is -2.04. The number of piperidine rings is 1. The van der Waals surface area contributed by atoms with E-state index in [1.807, 2.05) is 63.8 Å². The topological polar surface area (TPSA) is 55.8 Å². The summed E-state index contributed by atoms with van der Waals surface area (Å²) in [6.07, 6.45) is 3.46. The van der Waals surface area contributed by atoms with Gasteiger partial charge in [-0.05, 0) is 45.7 Å². The minimum atomic E-state index is -0.498. The van der Waals surface area contributed by atoms with Crippen molar-refractivity contribution in [1.29, 1.82) is 0 Å². The molecule has 1 aromatic carbocycles.